The first-order valence-electron chi connectivity index (χ1n) is 9.11. The Morgan fingerprint density at radius 2 is 1.89 bits per heavy atom. The van der Waals surface area contributed by atoms with Crippen LogP contribution >= 0.6 is 0 Å². The van der Waals surface area contributed by atoms with Crippen LogP contribution in [0.3, 0.4) is 0 Å². The summed E-state index contributed by atoms with van der Waals surface area (Å²) in [6, 6.07) is 7.62. The first-order valence-corrected chi connectivity index (χ1v) is 9.11. The zero-order chi connectivity index (χ0) is 19.9. The van der Waals surface area contributed by atoms with Crippen molar-refractivity contribution in [2.75, 3.05) is 14.1 Å². The van der Waals surface area contributed by atoms with E-state index in [0.29, 0.717) is 17.7 Å². The van der Waals surface area contributed by atoms with Crippen molar-refractivity contribution in [3.8, 4) is 11.3 Å². The highest BCUT2D eigenvalue weighted by Gasteiger charge is 2.32. The van der Waals surface area contributed by atoms with Crippen molar-refractivity contribution in [2.45, 2.75) is 33.1 Å². The van der Waals surface area contributed by atoms with Crippen LogP contribution in [0.5, 0.6) is 0 Å². The maximum atomic E-state index is 13.2. The Balaban J connectivity index is 2.43. The number of hydrogen-bond donors (Lipinski definition) is 0. The molecule has 142 valence electrons. The Morgan fingerprint density at radius 1 is 1.22 bits per heavy atom. The Hall–Kier alpha value is -2.89. The predicted molar refractivity (Wildman–Crippen MR) is 105 cm³/mol. The van der Waals surface area contributed by atoms with E-state index < -0.39 is 11.7 Å². The Labute approximate surface area is 158 Å². The second kappa shape index (κ2) is 7.02. The number of amides is 1. The zero-order valence-corrected chi connectivity index (χ0v) is 16.7. The van der Waals surface area contributed by atoms with E-state index in [0.717, 1.165) is 27.9 Å². The molecule has 0 atom stereocenters. The number of ketones is 1. The number of carbonyl (C=O) groups is 2. The molecule has 2 aromatic heterocycles. The van der Waals surface area contributed by atoms with Crippen molar-refractivity contribution >= 4 is 22.6 Å². The molecule has 27 heavy (non-hydrogen) atoms. The lowest BCUT2D eigenvalue weighted by atomic mass is 9.95. The van der Waals surface area contributed by atoms with Crippen LogP contribution in [0.2, 0.25) is 0 Å². The smallest absolute Gasteiger partial charge is 0.294 e. The molecular weight excluding hydrogens is 342 g/mol. The molecule has 0 saturated carbocycles. The molecule has 2 heterocycles. The molecule has 0 spiro atoms. The average molecular weight is 367 g/mol. The van der Waals surface area contributed by atoms with Gasteiger partial charge in [0.2, 0.25) is 0 Å². The molecule has 0 fully saturated rings. The van der Waals surface area contributed by atoms with Gasteiger partial charge in [-0.05, 0) is 12.5 Å². The summed E-state index contributed by atoms with van der Waals surface area (Å²) in [4.78, 5) is 27.0. The SMILES string of the molecule is CCc1noc(C(C)C)c1-c1c(C(=O)C(=O)N(C)C)c2ccccc2n1C. The van der Waals surface area contributed by atoms with Gasteiger partial charge in [-0.15, -0.1) is 0 Å². The number of hydrogen-bond acceptors (Lipinski definition) is 4. The molecule has 6 nitrogen and oxygen atoms in total. The summed E-state index contributed by atoms with van der Waals surface area (Å²) in [5.41, 5.74) is 3.60. The summed E-state index contributed by atoms with van der Waals surface area (Å²) in [6.07, 6.45) is 0.669. The molecule has 0 aliphatic heterocycles. The van der Waals surface area contributed by atoms with Crippen molar-refractivity contribution in [2.24, 2.45) is 7.05 Å². The van der Waals surface area contributed by atoms with Gasteiger partial charge in [-0.3, -0.25) is 9.59 Å². The number of carbonyl (C=O) groups excluding carboxylic acids is 2. The van der Waals surface area contributed by atoms with Gasteiger partial charge in [0, 0.05) is 38.0 Å². The van der Waals surface area contributed by atoms with Crippen LogP contribution in [0.15, 0.2) is 28.8 Å². The predicted octanol–water partition coefficient (Wildman–Crippen LogP) is 3.79. The molecule has 0 N–H and O–H groups in total. The van der Waals surface area contributed by atoms with Gasteiger partial charge in [0.15, 0.2) is 0 Å². The third-order valence-electron chi connectivity index (χ3n) is 4.82. The maximum absolute atomic E-state index is 13.2. The van der Waals surface area contributed by atoms with Gasteiger partial charge in [0.1, 0.15) is 5.76 Å². The van der Waals surface area contributed by atoms with E-state index in [2.05, 4.69) is 5.16 Å². The number of aryl methyl sites for hydroxylation is 2. The molecule has 3 aromatic rings. The maximum Gasteiger partial charge on any atom is 0.294 e. The number of fused-ring (bicyclic) bond motifs is 1. The van der Waals surface area contributed by atoms with E-state index in [1.54, 1.807) is 14.1 Å². The van der Waals surface area contributed by atoms with Gasteiger partial charge in [0.05, 0.1) is 22.5 Å². The zero-order valence-electron chi connectivity index (χ0n) is 16.7. The first-order chi connectivity index (χ1) is 12.8. The fraction of sp³-hybridized carbons (Fsp3) is 0.381. The third kappa shape index (κ3) is 2.95. The van der Waals surface area contributed by atoms with E-state index in [1.165, 1.54) is 4.90 Å². The van der Waals surface area contributed by atoms with Crippen molar-refractivity contribution in [3.05, 3.63) is 41.3 Å². The van der Waals surface area contributed by atoms with Crippen LogP contribution in [0.4, 0.5) is 0 Å². The minimum absolute atomic E-state index is 0.0957. The number of Topliss-reactive ketones (excluding diaryl/α,β-unsaturated/α-hetero) is 1. The van der Waals surface area contributed by atoms with Gasteiger partial charge in [-0.2, -0.15) is 0 Å². The molecule has 1 amide bonds. The monoisotopic (exact) mass is 367 g/mol. The van der Waals surface area contributed by atoms with Crippen LogP contribution < -0.4 is 0 Å². The summed E-state index contributed by atoms with van der Waals surface area (Å²) in [5, 5.41) is 4.99. The Morgan fingerprint density at radius 3 is 2.48 bits per heavy atom. The molecule has 0 bridgehead atoms. The molecular formula is C21H25N3O3. The van der Waals surface area contributed by atoms with Crippen molar-refractivity contribution in [1.82, 2.24) is 14.6 Å². The number of nitrogens with zero attached hydrogens (tertiary/aromatic N) is 3. The fourth-order valence-corrected chi connectivity index (χ4v) is 3.45. The summed E-state index contributed by atoms with van der Waals surface area (Å²) in [6.45, 7) is 6.05. The van der Waals surface area contributed by atoms with Crippen LogP contribution in [0.1, 0.15) is 48.5 Å². The van der Waals surface area contributed by atoms with Gasteiger partial charge in [-0.25, -0.2) is 0 Å². The quantitative estimate of drug-likeness (QED) is 0.508. The Kier molecular flexibility index (Phi) is 4.91. The first kappa shape index (κ1) is 18.9. The second-order valence-electron chi connectivity index (χ2n) is 7.21. The largest absolute Gasteiger partial charge is 0.360 e. The van der Waals surface area contributed by atoms with E-state index in [9.17, 15) is 9.59 Å². The molecule has 3 rings (SSSR count). The van der Waals surface area contributed by atoms with Crippen LogP contribution in [-0.4, -0.2) is 40.4 Å². The number of likely N-dealkylation sites (N-methyl/N-ethyl adjacent to an activating group) is 1. The lowest BCUT2D eigenvalue weighted by Gasteiger charge is -2.12. The summed E-state index contributed by atoms with van der Waals surface area (Å²) in [7, 11) is 5.08. The lowest BCUT2D eigenvalue weighted by Crippen LogP contribution is -2.30. The van der Waals surface area contributed by atoms with Gasteiger partial charge >= 0.3 is 0 Å². The van der Waals surface area contributed by atoms with Crippen molar-refractivity contribution in [1.29, 1.82) is 0 Å². The fourth-order valence-electron chi connectivity index (χ4n) is 3.45. The number of aromatic nitrogens is 2. The number of rotatable bonds is 5. The lowest BCUT2D eigenvalue weighted by molar-refractivity contribution is -0.124. The van der Waals surface area contributed by atoms with E-state index >= 15 is 0 Å². The minimum atomic E-state index is -0.548. The van der Waals surface area contributed by atoms with Gasteiger partial charge < -0.3 is 14.0 Å². The van der Waals surface area contributed by atoms with E-state index in [1.807, 2.05) is 56.7 Å². The van der Waals surface area contributed by atoms with Crippen LogP contribution in [0, 0.1) is 0 Å². The van der Waals surface area contributed by atoms with Crippen molar-refractivity contribution < 1.29 is 14.1 Å². The molecule has 1 aromatic carbocycles. The second-order valence-corrected chi connectivity index (χ2v) is 7.21. The molecule has 0 saturated heterocycles. The summed E-state index contributed by atoms with van der Waals surface area (Å²) >= 11 is 0. The van der Waals surface area contributed by atoms with Crippen LogP contribution in [-0.2, 0) is 18.3 Å². The average Bonchev–Trinajstić information content (AvgIpc) is 3.19. The Bertz CT molecular complexity index is 1020. The van der Waals surface area contributed by atoms with Crippen LogP contribution in [0.25, 0.3) is 22.2 Å². The van der Waals surface area contributed by atoms with E-state index in [4.69, 9.17) is 4.52 Å². The molecule has 0 radical (unpaired) electrons. The number of benzene rings is 1. The van der Waals surface area contributed by atoms with Gasteiger partial charge in [0.25, 0.3) is 11.7 Å². The van der Waals surface area contributed by atoms with E-state index in [-0.39, 0.29) is 5.92 Å². The normalized spacial score (nSPS) is 11.4. The highest BCUT2D eigenvalue weighted by molar-refractivity contribution is 6.46. The molecule has 0 aliphatic rings. The highest BCUT2D eigenvalue weighted by atomic mass is 16.5. The highest BCUT2D eigenvalue weighted by Crippen LogP contribution is 2.39. The summed E-state index contributed by atoms with van der Waals surface area (Å²) in [5.74, 6) is -0.250. The summed E-state index contributed by atoms with van der Waals surface area (Å²) < 4.78 is 7.59. The standard InChI is InChI=1S/C21H25N3O3/c1-7-14-17(20(12(2)3)27-22-14)18-16(19(25)21(26)23(4)5)13-10-8-9-11-15(13)24(18)6/h8-12H,7H2,1-6H3. The molecule has 0 aliphatic carbocycles. The third-order valence-corrected chi connectivity index (χ3v) is 4.82. The minimum Gasteiger partial charge on any atom is -0.360 e. The molecule has 0 unspecified atom stereocenters. The number of para-hydroxylation sites is 1. The molecule has 6 heteroatoms. The van der Waals surface area contributed by atoms with Crippen molar-refractivity contribution in [3.63, 3.8) is 0 Å². The topological polar surface area (TPSA) is 68.3 Å². The van der Waals surface area contributed by atoms with Gasteiger partial charge in [-0.1, -0.05) is 44.1 Å².